The highest BCUT2D eigenvalue weighted by Crippen LogP contribution is 2.15. The topological polar surface area (TPSA) is 42.0 Å². The van der Waals surface area contributed by atoms with Gasteiger partial charge in [0.25, 0.3) is 5.91 Å². The van der Waals surface area contributed by atoms with E-state index in [9.17, 15) is 4.79 Å². The van der Waals surface area contributed by atoms with E-state index in [1.54, 1.807) is 6.08 Å². The van der Waals surface area contributed by atoms with Gasteiger partial charge in [-0.3, -0.25) is 9.78 Å². The first-order valence-corrected chi connectivity index (χ1v) is 5.48. The molecule has 1 aromatic heterocycles. The maximum atomic E-state index is 11.9. The van der Waals surface area contributed by atoms with Gasteiger partial charge in [0.05, 0.1) is 16.8 Å². The van der Waals surface area contributed by atoms with E-state index >= 15 is 0 Å². The minimum Gasteiger partial charge on any atom is -0.349 e. The molecule has 1 N–H and O–H groups in total. The number of pyridine rings is 1. The molecule has 2 rings (SSSR count). The first-order valence-electron chi connectivity index (χ1n) is 5.48. The van der Waals surface area contributed by atoms with Crippen LogP contribution in [0, 0.1) is 6.92 Å². The summed E-state index contributed by atoms with van der Waals surface area (Å²) in [5.74, 6) is -0.111. The van der Waals surface area contributed by atoms with Gasteiger partial charge >= 0.3 is 0 Å². The van der Waals surface area contributed by atoms with Gasteiger partial charge < -0.3 is 5.32 Å². The molecule has 0 saturated heterocycles. The average molecular weight is 226 g/mol. The maximum Gasteiger partial charge on any atom is 0.253 e. The number of carbonyl (C=O) groups is 1. The molecule has 0 bridgehead atoms. The quantitative estimate of drug-likeness (QED) is 0.817. The van der Waals surface area contributed by atoms with Crippen LogP contribution in [-0.4, -0.2) is 17.4 Å². The van der Waals surface area contributed by atoms with Crippen LogP contribution in [0.25, 0.3) is 10.9 Å². The molecule has 2 aromatic rings. The van der Waals surface area contributed by atoms with E-state index in [2.05, 4.69) is 16.9 Å². The Morgan fingerprint density at radius 1 is 1.47 bits per heavy atom. The Hall–Kier alpha value is -2.16. The van der Waals surface area contributed by atoms with Crippen LogP contribution in [0.2, 0.25) is 0 Å². The highest BCUT2D eigenvalue weighted by molar-refractivity contribution is 5.98. The second-order valence-corrected chi connectivity index (χ2v) is 3.81. The van der Waals surface area contributed by atoms with Gasteiger partial charge in [-0.2, -0.15) is 0 Å². The Morgan fingerprint density at radius 2 is 2.24 bits per heavy atom. The lowest BCUT2D eigenvalue weighted by molar-refractivity contribution is 0.0957. The van der Waals surface area contributed by atoms with Crippen molar-refractivity contribution in [2.45, 2.75) is 6.92 Å². The van der Waals surface area contributed by atoms with Crippen LogP contribution in [0.3, 0.4) is 0 Å². The molecular formula is C14H14N2O. The second kappa shape index (κ2) is 4.78. The molecular weight excluding hydrogens is 212 g/mol. The Kier molecular flexibility index (Phi) is 3.19. The molecule has 0 spiro atoms. The van der Waals surface area contributed by atoms with Crippen LogP contribution in [0.1, 0.15) is 16.1 Å². The van der Waals surface area contributed by atoms with Crippen molar-refractivity contribution in [2.75, 3.05) is 6.54 Å². The summed E-state index contributed by atoms with van der Waals surface area (Å²) in [5, 5.41) is 3.73. The molecule has 0 unspecified atom stereocenters. The van der Waals surface area contributed by atoms with Gasteiger partial charge in [0.2, 0.25) is 0 Å². The van der Waals surface area contributed by atoms with E-state index in [1.807, 2.05) is 37.3 Å². The minimum atomic E-state index is -0.111. The average Bonchev–Trinajstić information content (AvgIpc) is 2.35. The first-order chi connectivity index (χ1) is 8.22. The normalized spacial score (nSPS) is 10.2. The van der Waals surface area contributed by atoms with Crippen molar-refractivity contribution < 1.29 is 4.79 Å². The fourth-order valence-corrected chi connectivity index (χ4v) is 1.70. The SMILES string of the molecule is C=CCNC(=O)c1cc2ccccc2nc1C. The predicted octanol–water partition coefficient (Wildman–Crippen LogP) is 2.46. The summed E-state index contributed by atoms with van der Waals surface area (Å²) in [6, 6.07) is 9.63. The molecule has 0 fully saturated rings. The Balaban J connectivity index is 2.43. The summed E-state index contributed by atoms with van der Waals surface area (Å²) in [6.07, 6.45) is 1.65. The van der Waals surface area contributed by atoms with E-state index in [4.69, 9.17) is 0 Å². The summed E-state index contributed by atoms with van der Waals surface area (Å²) in [5.41, 5.74) is 2.26. The molecule has 0 atom stereocenters. The van der Waals surface area contributed by atoms with Gasteiger partial charge in [0.1, 0.15) is 0 Å². The standard InChI is InChI=1S/C14H14N2O/c1-3-8-15-14(17)12-9-11-6-4-5-7-13(11)16-10(12)2/h3-7,9H,1,8H2,2H3,(H,15,17). The number of benzene rings is 1. The van der Waals surface area contributed by atoms with Gasteiger partial charge in [-0.1, -0.05) is 24.3 Å². The molecule has 3 nitrogen and oxygen atoms in total. The van der Waals surface area contributed by atoms with E-state index in [1.165, 1.54) is 0 Å². The molecule has 0 aliphatic rings. The molecule has 1 heterocycles. The van der Waals surface area contributed by atoms with Crippen molar-refractivity contribution in [3.63, 3.8) is 0 Å². The van der Waals surface area contributed by atoms with Crippen LogP contribution in [0.4, 0.5) is 0 Å². The summed E-state index contributed by atoms with van der Waals surface area (Å²) in [6.45, 7) is 5.87. The van der Waals surface area contributed by atoms with Gasteiger partial charge in [0, 0.05) is 11.9 Å². The molecule has 1 amide bonds. The number of rotatable bonds is 3. The van der Waals surface area contributed by atoms with Crippen LogP contribution in [0.15, 0.2) is 43.0 Å². The summed E-state index contributed by atoms with van der Waals surface area (Å²) >= 11 is 0. The van der Waals surface area contributed by atoms with Crippen molar-refractivity contribution in [3.05, 3.63) is 54.2 Å². The zero-order valence-corrected chi connectivity index (χ0v) is 9.73. The molecule has 0 radical (unpaired) electrons. The minimum absolute atomic E-state index is 0.111. The fraction of sp³-hybridized carbons (Fsp3) is 0.143. The van der Waals surface area contributed by atoms with Crippen LogP contribution in [-0.2, 0) is 0 Å². The molecule has 0 aliphatic heterocycles. The number of hydrogen-bond acceptors (Lipinski definition) is 2. The lowest BCUT2D eigenvalue weighted by Crippen LogP contribution is -2.24. The first kappa shape index (κ1) is 11.3. The molecule has 0 aliphatic carbocycles. The number of para-hydroxylation sites is 1. The van der Waals surface area contributed by atoms with Gasteiger partial charge in [0.15, 0.2) is 0 Å². The smallest absolute Gasteiger partial charge is 0.253 e. The fourth-order valence-electron chi connectivity index (χ4n) is 1.70. The number of nitrogens with zero attached hydrogens (tertiary/aromatic N) is 1. The highest BCUT2D eigenvalue weighted by Gasteiger charge is 2.10. The van der Waals surface area contributed by atoms with Crippen molar-refractivity contribution in [1.82, 2.24) is 10.3 Å². The van der Waals surface area contributed by atoms with Crippen molar-refractivity contribution in [1.29, 1.82) is 0 Å². The number of carbonyl (C=O) groups excluding carboxylic acids is 1. The number of nitrogens with one attached hydrogen (secondary N) is 1. The molecule has 1 aromatic carbocycles. The number of aromatic nitrogens is 1. The largest absolute Gasteiger partial charge is 0.349 e. The molecule has 86 valence electrons. The lowest BCUT2D eigenvalue weighted by Gasteiger charge is -2.07. The third kappa shape index (κ3) is 2.33. The third-order valence-corrected chi connectivity index (χ3v) is 2.57. The monoisotopic (exact) mass is 226 g/mol. The maximum absolute atomic E-state index is 11.9. The van der Waals surface area contributed by atoms with Crippen LogP contribution in [0.5, 0.6) is 0 Å². The Morgan fingerprint density at radius 3 is 3.00 bits per heavy atom. The van der Waals surface area contributed by atoms with Crippen LogP contribution >= 0.6 is 0 Å². The van der Waals surface area contributed by atoms with E-state index in [0.717, 1.165) is 16.6 Å². The zero-order valence-electron chi connectivity index (χ0n) is 9.73. The molecule has 17 heavy (non-hydrogen) atoms. The van der Waals surface area contributed by atoms with E-state index in [-0.39, 0.29) is 5.91 Å². The summed E-state index contributed by atoms with van der Waals surface area (Å²) in [7, 11) is 0. The lowest BCUT2D eigenvalue weighted by atomic mass is 10.1. The van der Waals surface area contributed by atoms with Gasteiger partial charge in [-0.05, 0) is 19.1 Å². The highest BCUT2D eigenvalue weighted by atomic mass is 16.1. The van der Waals surface area contributed by atoms with Crippen molar-refractivity contribution in [2.24, 2.45) is 0 Å². The zero-order chi connectivity index (χ0) is 12.3. The third-order valence-electron chi connectivity index (χ3n) is 2.57. The molecule has 0 saturated carbocycles. The van der Waals surface area contributed by atoms with Crippen molar-refractivity contribution in [3.8, 4) is 0 Å². The summed E-state index contributed by atoms with van der Waals surface area (Å²) < 4.78 is 0. The second-order valence-electron chi connectivity index (χ2n) is 3.81. The van der Waals surface area contributed by atoms with Gasteiger partial charge in [-0.15, -0.1) is 6.58 Å². The predicted molar refractivity (Wildman–Crippen MR) is 69.0 cm³/mol. The Labute approximate surface area is 100 Å². The number of aryl methyl sites for hydroxylation is 1. The van der Waals surface area contributed by atoms with E-state index in [0.29, 0.717) is 12.1 Å². The number of fused-ring (bicyclic) bond motifs is 1. The number of amides is 1. The van der Waals surface area contributed by atoms with E-state index < -0.39 is 0 Å². The Bertz CT molecular complexity index is 575. The number of hydrogen-bond donors (Lipinski definition) is 1. The molecule has 3 heteroatoms. The van der Waals surface area contributed by atoms with Crippen LogP contribution < -0.4 is 5.32 Å². The van der Waals surface area contributed by atoms with Gasteiger partial charge in [-0.25, -0.2) is 0 Å². The summed E-state index contributed by atoms with van der Waals surface area (Å²) in [4.78, 5) is 16.3. The van der Waals surface area contributed by atoms with Crippen molar-refractivity contribution >= 4 is 16.8 Å².